The van der Waals surface area contributed by atoms with Crippen molar-refractivity contribution in [2.24, 2.45) is 0 Å². The lowest BCUT2D eigenvalue weighted by molar-refractivity contribution is -0.139. The molecule has 0 radical (unpaired) electrons. The summed E-state index contributed by atoms with van der Waals surface area (Å²) >= 11 is 11.6. The largest absolute Gasteiger partial charge is 0.416 e. The standard InChI is InChI=1S/C14H8Cl2F4O/c15-11-3-1-2-8(12(11)16)13(21)9-6-7(17)4-5-10(9)14(18,19)20/h1-6,13,21H. The van der Waals surface area contributed by atoms with E-state index in [2.05, 4.69) is 0 Å². The van der Waals surface area contributed by atoms with E-state index in [4.69, 9.17) is 23.2 Å². The zero-order valence-corrected chi connectivity index (χ0v) is 11.8. The van der Waals surface area contributed by atoms with Gasteiger partial charge in [-0.3, -0.25) is 0 Å². The van der Waals surface area contributed by atoms with Gasteiger partial charge in [-0.15, -0.1) is 0 Å². The summed E-state index contributed by atoms with van der Waals surface area (Å²) in [5.41, 5.74) is -1.78. The summed E-state index contributed by atoms with van der Waals surface area (Å²) in [7, 11) is 0. The molecule has 1 unspecified atom stereocenters. The van der Waals surface area contributed by atoms with E-state index in [1.54, 1.807) is 0 Å². The molecule has 0 aliphatic carbocycles. The van der Waals surface area contributed by atoms with Gasteiger partial charge in [-0.25, -0.2) is 4.39 Å². The first-order valence-corrected chi connectivity index (χ1v) is 6.46. The Morgan fingerprint density at radius 1 is 1.00 bits per heavy atom. The van der Waals surface area contributed by atoms with E-state index in [0.717, 1.165) is 0 Å². The third-order valence-electron chi connectivity index (χ3n) is 2.89. The first kappa shape index (κ1) is 16.1. The highest BCUT2D eigenvalue weighted by atomic mass is 35.5. The van der Waals surface area contributed by atoms with Crippen LogP contribution in [0.3, 0.4) is 0 Å². The third kappa shape index (κ3) is 3.31. The molecule has 2 aromatic rings. The minimum Gasteiger partial charge on any atom is -0.384 e. The molecule has 21 heavy (non-hydrogen) atoms. The fraction of sp³-hybridized carbons (Fsp3) is 0.143. The van der Waals surface area contributed by atoms with Gasteiger partial charge in [-0.2, -0.15) is 13.2 Å². The Morgan fingerprint density at radius 2 is 1.67 bits per heavy atom. The lowest BCUT2D eigenvalue weighted by Crippen LogP contribution is -2.13. The Kier molecular flexibility index (Phi) is 4.46. The Bertz CT molecular complexity index is 671. The highest BCUT2D eigenvalue weighted by Gasteiger charge is 2.36. The minimum absolute atomic E-state index is 0.0275. The van der Waals surface area contributed by atoms with Gasteiger partial charge in [0, 0.05) is 11.1 Å². The summed E-state index contributed by atoms with van der Waals surface area (Å²) in [6.07, 6.45) is -6.47. The van der Waals surface area contributed by atoms with Crippen molar-refractivity contribution in [3.8, 4) is 0 Å². The first-order chi connectivity index (χ1) is 9.71. The molecule has 0 fully saturated rings. The van der Waals surface area contributed by atoms with Crippen LogP contribution in [0.15, 0.2) is 36.4 Å². The van der Waals surface area contributed by atoms with E-state index in [-0.39, 0.29) is 15.6 Å². The molecule has 0 aliphatic heterocycles. The Labute approximate surface area is 127 Å². The van der Waals surface area contributed by atoms with Crippen LogP contribution in [0.1, 0.15) is 22.8 Å². The SMILES string of the molecule is OC(c1cc(F)ccc1C(F)(F)F)c1cccc(Cl)c1Cl. The van der Waals surface area contributed by atoms with Gasteiger partial charge in [-0.1, -0.05) is 35.3 Å². The normalized spacial score (nSPS) is 13.3. The van der Waals surface area contributed by atoms with Crippen LogP contribution in [0, 0.1) is 5.82 Å². The zero-order chi connectivity index (χ0) is 15.8. The van der Waals surface area contributed by atoms with E-state index in [0.29, 0.717) is 18.2 Å². The zero-order valence-electron chi connectivity index (χ0n) is 10.3. The van der Waals surface area contributed by atoms with E-state index in [1.165, 1.54) is 18.2 Å². The maximum absolute atomic E-state index is 13.3. The molecule has 0 bridgehead atoms. The second-order valence-corrected chi connectivity index (χ2v) is 5.06. The molecule has 0 amide bonds. The number of halogens is 6. The van der Waals surface area contributed by atoms with Gasteiger partial charge in [0.25, 0.3) is 0 Å². The van der Waals surface area contributed by atoms with E-state index >= 15 is 0 Å². The molecule has 0 spiro atoms. The molecular weight excluding hydrogens is 331 g/mol. The first-order valence-electron chi connectivity index (χ1n) is 5.70. The molecule has 0 aromatic heterocycles. The topological polar surface area (TPSA) is 20.2 Å². The monoisotopic (exact) mass is 338 g/mol. The summed E-state index contributed by atoms with van der Waals surface area (Å²) in [4.78, 5) is 0. The number of benzene rings is 2. The third-order valence-corrected chi connectivity index (χ3v) is 3.72. The van der Waals surface area contributed by atoms with Gasteiger partial charge in [0.05, 0.1) is 15.6 Å². The second-order valence-electron chi connectivity index (χ2n) is 4.27. The molecule has 2 rings (SSSR count). The lowest BCUT2D eigenvalue weighted by atomic mass is 9.96. The van der Waals surface area contributed by atoms with Gasteiger partial charge < -0.3 is 5.11 Å². The average molecular weight is 339 g/mol. The van der Waals surface area contributed by atoms with Gasteiger partial charge in [0.2, 0.25) is 0 Å². The Hall–Kier alpha value is -1.30. The van der Waals surface area contributed by atoms with Crippen molar-refractivity contribution in [1.29, 1.82) is 0 Å². The second kappa shape index (κ2) is 5.83. The fourth-order valence-corrected chi connectivity index (χ4v) is 2.33. The lowest BCUT2D eigenvalue weighted by Gasteiger charge is -2.19. The van der Waals surface area contributed by atoms with Crippen LogP contribution in [-0.2, 0) is 6.18 Å². The van der Waals surface area contributed by atoms with Gasteiger partial charge >= 0.3 is 6.18 Å². The molecule has 1 nitrogen and oxygen atoms in total. The van der Waals surface area contributed by atoms with E-state index < -0.39 is 29.2 Å². The molecule has 112 valence electrons. The molecule has 2 aromatic carbocycles. The van der Waals surface area contributed by atoms with Crippen molar-refractivity contribution < 1.29 is 22.7 Å². The Morgan fingerprint density at radius 3 is 2.29 bits per heavy atom. The van der Waals surface area contributed by atoms with Crippen molar-refractivity contribution in [2.45, 2.75) is 12.3 Å². The summed E-state index contributed by atoms with van der Waals surface area (Å²) in [6.45, 7) is 0. The summed E-state index contributed by atoms with van der Waals surface area (Å²) in [6, 6.07) is 6.06. The van der Waals surface area contributed by atoms with Gasteiger partial charge in [0.1, 0.15) is 11.9 Å². The average Bonchev–Trinajstić information content (AvgIpc) is 2.39. The van der Waals surface area contributed by atoms with Crippen LogP contribution in [0.5, 0.6) is 0 Å². The van der Waals surface area contributed by atoms with Crippen molar-refractivity contribution >= 4 is 23.2 Å². The fourth-order valence-electron chi connectivity index (χ4n) is 1.92. The maximum Gasteiger partial charge on any atom is 0.416 e. The predicted molar refractivity (Wildman–Crippen MR) is 71.9 cm³/mol. The van der Waals surface area contributed by atoms with Crippen LogP contribution in [0.4, 0.5) is 17.6 Å². The maximum atomic E-state index is 13.3. The summed E-state index contributed by atoms with van der Waals surface area (Å²) in [5.74, 6) is -0.893. The number of hydrogen-bond acceptors (Lipinski definition) is 1. The van der Waals surface area contributed by atoms with Gasteiger partial charge in [-0.05, 0) is 24.3 Å². The molecule has 0 saturated carbocycles. The van der Waals surface area contributed by atoms with Crippen LogP contribution in [0.25, 0.3) is 0 Å². The molecule has 7 heteroatoms. The smallest absolute Gasteiger partial charge is 0.384 e. The van der Waals surface area contributed by atoms with Crippen LogP contribution in [0.2, 0.25) is 10.0 Å². The molecule has 1 N–H and O–H groups in total. The number of aliphatic hydroxyl groups excluding tert-OH is 1. The Balaban J connectivity index is 2.60. The quantitative estimate of drug-likeness (QED) is 0.743. The molecule has 0 heterocycles. The number of hydrogen-bond donors (Lipinski definition) is 1. The van der Waals surface area contributed by atoms with E-state index in [9.17, 15) is 22.7 Å². The van der Waals surface area contributed by atoms with Crippen molar-refractivity contribution in [3.63, 3.8) is 0 Å². The predicted octanol–water partition coefficient (Wildman–Crippen LogP) is 5.23. The highest BCUT2D eigenvalue weighted by Crippen LogP contribution is 2.39. The number of aliphatic hydroxyl groups is 1. The number of alkyl halides is 3. The van der Waals surface area contributed by atoms with E-state index in [1.807, 2.05) is 0 Å². The number of rotatable bonds is 2. The molecular formula is C14H8Cl2F4O. The molecule has 0 saturated heterocycles. The highest BCUT2D eigenvalue weighted by molar-refractivity contribution is 6.42. The molecule has 0 aliphatic rings. The van der Waals surface area contributed by atoms with Crippen molar-refractivity contribution in [1.82, 2.24) is 0 Å². The van der Waals surface area contributed by atoms with Crippen molar-refractivity contribution in [3.05, 3.63) is 69.0 Å². The van der Waals surface area contributed by atoms with Crippen LogP contribution >= 0.6 is 23.2 Å². The van der Waals surface area contributed by atoms with Crippen molar-refractivity contribution in [2.75, 3.05) is 0 Å². The minimum atomic E-state index is -4.73. The van der Waals surface area contributed by atoms with Crippen LogP contribution in [-0.4, -0.2) is 5.11 Å². The summed E-state index contributed by atoms with van der Waals surface area (Å²) in [5, 5.41) is 10.2. The summed E-state index contributed by atoms with van der Waals surface area (Å²) < 4.78 is 52.1. The molecule has 1 atom stereocenters. The van der Waals surface area contributed by atoms with Crippen LogP contribution < -0.4 is 0 Å². The van der Waals surface area contributed by atoms with Gasteiger partial charge in [0.15, 0.2) is 0 Å².